The first-order valence-electron chi connectivity index (χ1n) is 6.18. The molecule has 0 radical (unpaired) electrons. The SMILES string of the molecule is COCCC(NC(=O)NC1(C)CCS(=O)(=O)C1)C(=O)O. The van der Waals surface area contributed by atoms with Gasteiger partial charge in [0.05, 0.1) is 17.0 Å². The van der Waals surface area contributed by atoms with Crippen molar-refractivity contribution in [3.05, 3.63) is 0 Å². The number of nitrogens with one attached hydrogen (secondary N) is 2. The molecule has 20 heavy (non-hydrogen) atoms. The number of ether oxygens (including phenoxy) is 1. The minimum atomic E-state index is -3.14. The summed E-state index contributed by atoms with van der Waals surface area (Å²) in [7, 11) is -1.70. The van der Waals surface area contributed by atoms with Crippen molar-refractivity contribution < 1.29 is 27.9 Å². The average Bonchev–Trinajstić information content (AvgIpc) is 2.58. The third-order valence-corrected chi connectivity index (χ3v) is 5.04. The topological polar surface area (TPSA) is 122 Å². The molecule has 0 aromatic heterocycles. The Balaban J connectivity index is 2.56. The van der Waals surface area contributed by atoms with Gasteiger partial charge in [0.2, 0.25) is 0 Å². The molecule has 0 aromatic rings. The zero-order chi connectivity index (χ0) is 15.4. The van der Waals surface area contributed by atoms with Crippen molar-refractivity contribution in [3.8, 4) is 0 Å². The number of sulfone groups is 1. The Morgan fingerprint density at radius 3 is 2.55 bits per heavy atom. The van der Waals surface area contributed by atoms with Gasteiger partial charge in [-0.2, -0.15) is 0 Å². The molecule has 8 nitrogen and oxygen atoms in total. The van der Waals surface area contributed by atoms with E-state index < -0.39 is 33.4 Å². The summed E-state index contributed by atoms with van der Waals surface area (Å²) in [6.45, 7) is 1.82. The number of amides is 2. The van der Waals surface area contributed by atoms with E-state index in [0.717, 1.165) is 0 Å². The Bertz CT molecular complexity index is 477. The number of rotatable bonds is 6. The third kappa shape index (κ3) is 4.97. The first kappa shape index (κ1) is 16.7. The maximum atomic E-state index is 11.8. The van der Waals surface area contributed by atoms with E-state index in [1.807, 2.05) is 0 Å². The van der Waals surface area contributed by atoms with Crippen LogP contribution >= 0.6 is 0 Å². The number of hydrogen-bond acceptors (Lipinski definition) is 5. The highest BCUT2D eigenvalue weighted by atomic mass is 32.2. The second-order valence-electron chi connectivity index (χ2n) is 5.17. The van der Waals surface area contributed by atoms with E-state index in [0.29, 0.717) is 6.42 Å². The number of urea groups is 1. The van der Waals surface area contributed by atoms with Crippen LogP contribution in [0.5, 0.6) is 0 Å². The number of aliphatic carboxylic acids is 1. The van der Waals surface area contributed by atoms with Crippen LogP contribution in [-0.4, -0.2) is 62.3 Å². The molecule has 116 valence electrons. The molecular formula is C11H20N2O6S. The molecule has 9 heteroatoms. The number of carbonyl (C=O) groups excluding carboxylic acids is 1. The highest BCUT2D eigenvalue weighted by Gasteiger charge is 2.39. The number of carbonyl (C=O) groups is 2. The summed E-state index contributed by atoms with van der Waals surface area (Å²) in [6.07, 6.45) is 0.451. The molecule has 1 fully saturated rings. The largest absolute Gasteiger partial charge is 0.480 e. The molecule has 2 unspecified atom stereocenters. The van der Waals surface area contributed by atoms with E-state index in [1.54, 1.807) is 6.92 Å². The molecule has 1 saturated heterocycles. The number of carboxylic acid groups (broad SMARTS) is 1. The Labute approximate surface area is 117 Å². The number of carboxylic acids is 1. The predicted molar refractivity (Wildman–Crippen MR) is 71.3 cm³/mol. The quantitative estimate of drug-likeness (QED) is 0.599. The van der Waals surface area contributed by atoms with E-state index in [-0.39, 0.29) is 24.5 Å². The lowest BCUT2D eigenvalue weighted by molar-refractivity contribution is -0.139. The van der Waals surface area contributed by atoms with Crippen molar-refractivity contribution in [3.63, 3.8) is 0 Å². The first-order chi connectivity index (χ1) is 9.17. The predicted octanol–water partition coefficient (Wildman–Crippen LogP) is -0.647. The van der Waals surface area contributed by atoms with E-state index >= 15 is 0 Å². The maximum Gasteiger partial charge on any atom is 0.326 e. The fourth-order valence-electron chi connectivity index (χ4n) is 2.07. The van der Waals surface area contributed by atoms with Gasteiger partial charge in [0.15, 0.2) is 9.84 Å². The Morgan fingerprint density at radius 2 is 2.10 bits per heavy atom. The van der Waals surface area contributed by atoms with Crippen molar-refractivity contribution in [2.24, 2.45) is 0 Å². The maximum absolute atomic E-state index is 11.8. The molecule has 0 aromatic carbocycles. The van der Waals surface area contributed by atoms with Crippen LogP contribution in [0.25, 0.3) is 0 Å². The van der Waals surface area contributed by atoms with Crippen molar-refractivity contribution in [2.75, 3.05) is 25.2 Å². The first-order valence-corrected chi connectivity index (χ1v) is 8.00. The molecule has 2 atom stereocenters. The standard InChI is InChI=1S/C11H20N2O6S/c1-11(4-6-20(17,18)7-11)13-10(16)12-8(9(14)15)3-5-19-2/h8H,3-7H2,1-2H3,(H,14,15)(H2,12,13,16). The molecule has 3 N–H and O–H groups in total. The number of hydrogen-bond donors (Lipinski definition) is 3. The Hall–Kier alpha value is -1.35. The van der Waals surface area contributed by atoms with Crippen molar-refractivity contribution in [2.45, 2.75) is 31.3 Å². The summed E-state index contributed by atoms with van der Waals surface area (Å²) in [5.41, 5.74) is -0.854. The van der Waals surface area contributed by atoms with Gasteiger partial charge in [0.25, 0.3) is 0 Å². The summed E-state index contributed by atoms with van der Waals surface area (Å²) in [6, 6.07) is -1.76. The van der Waals surface area contributed by atoms with Gasteiger partial charge in [-0.1, -0.05) is 0 Å². The molecule has 0 bridgehead atoms. The molecule has 2 amide bonds. The highest BCUT2D eigenvalue weighted by Crippen LogP contribution is 2.22. The minimum Gasteiger partial charge on any atom is -0.480 e. The van der Waals surface area contributed by atoms with Crippen LogP contribution in [0.2, 0.25) is 0 Å². The molecule has 0 spiro atoms. The second-order valence-corrected chi connectivity index (χ2v) is 7.36. The van der Waals surface area contributed by atoms with Gasteiger partial charge < -0.3 is 20.5 Å². The van der Waals surface area contributed by atoms with E-state index in [2.05, 4.69) is 10.6 Å². The van der Waals surface area contributed by atoms with Crippen molar-refractivity contribution in [1.29, 1.82) is 0 Å². The molecule has 1 aliphatic heterocycles. The fraction of sp³-hybridized carbons (Fsp3) is 0.818. The van der Waals surface area contributed by atoms with E-state index in [9.17, 15) is 18.0 Å². The van der Waals surface area contributed by atoms with Gasteiger partial charge in [-0.05, 0) is 13.3 Å². The van der Waals surface area contributed by atoms with Crippen LogP contribution in [0.1, 0.15) is 19.8 Å². The molecule has 0 saturated carbocycles. The fourth-order valence-corrected chi connectivity index (χ4v) is 4.16. The zero-order valence-electron chi connectivity index (χ0n) is 11.5. The summed E-state index contributed by atoms with van der Waals surface area (Å²) < 4.78 is 27.6. The third-order valence-electron chi connectivity index (χ3n) is 3.13. The van der Waals surface area contributed by atoms with Gasteiger partial charge in [0, 0.05) is 20.1 Å². The van der Waals surface area contributed by atoms with Gasteiger partial charge >= 0.3 is 12.0 Å². The Kier molecular flexibility index (Phi) is 5.35. The molecule has 0 aliphatic carbocycles. The molecule has 1 heterocycles. The van der Waals surface area contributed by atoms with Crippen molar-refractivity contribution in [1.82, 2.24) is 10.6 Å². The summed E-state index contributed by atoms with van der Waals surface area (Å²) >= 11 is 0. The molecule has 1 rings (SSSR count). The monoisotopic (exact) mass is 308 g/mol. The summed E-state index contributed by atoms with van der Waals surface area (Å²) in [5.74, 6) is -1.28. The van der Waals surface area contributed by atoms with Crippen LogP contribution in [0.4, 0.5) is 4.79 Å². The van der Waals surface area contributed by atoms with Crippen LogP contribution in [0.15, 0.2) is 0 Å². The van der Waals surface area contributed by atoms with Crippen LogP contribution < -0.4 is 10.6 Å². The van der Waals surface area contributed by atoms with Gasteiger partial charge in [-0.15, -0.1) is 0 Å². The normalized spacial score (nSPS) is 25.9. The Morgan fingerprint density at radius 1 is 1.45 bits per heavy atom. The van der Waals surface area contributed by atoms with Crippen LogP contribution in [0, 0.1) is 0 Å². The minimum absolute atomic E-state index is 0.0236. The highest BCUT2D eigenvalue weighted by molar-refractivity contribution is 7.91. The summed E-state index contributed by atoms with van der Waals surface area (Å²) in [4.78, 5) is 22.7. The lowest BCUT2D eigenvalue weighted by Crippen LogP contribution is -2.54. The smallest absolute Gasteiger partial charge is 0.326 e. The van der Waals surface area contributed by atoms with Gasteiger partial charge in [-0.25, -0.2) is 18.0 Å². The zero-order valence-corrected chi connectivity index (χ0v) is 12.3. The second kappa shape index (κ2) is 6.40. The van der Waals surface area contributed by atoms with Crippen LogP contribution in [0.3, 0.4) is 0 Å². The molecule has 1 aliphatic rings. The van der Waals surface area contributed by atoms with Crippen molar-refractivity contribution >= 4 is 21.8 Å². The van der Waals surface area contributed by atoms with E-state index in [1.165, 1.54) is 7.11 Å². The molecular weight excluding hydrogens is 288 g/mol. The van der Waals surface area contributed by atoms with Crippen LogP contribution in [-0.2, 0) is 19.4 Å². The summed E-state index contributed by atoms with van der Waals surface area (Å²) in [5, 5.41) is 13.8. The lowest BCUT2D eigenvalue weighted by atomic mass is 10.0. The average molecular weight is 308 g/mol. The van der Waals surface area contributed by atoms with E-state index in [4.69, 9.17) is 9.84 Å². The van der Waals surface area contributed by atoms with Gasteiger partial charge in [0.1, 0.15) is 6.04 Å². The van der Waals surface area contributed by atoms with Gasteiger partial charge in [-0.3, -0.25) is 0 Å². The number of methoxy groups -OCH3 is 1. The lowest BCUT2D eigenvalue weighted by Gasteiger charge is -2.25.